The van der Waals surface area contributed by atoms with E-state index in [1.807, 2.05) is 0 Å². The molecular formula is C12H10FN5O2S. The molecule has 0 bridgehead atoms. The van der Waals surface area contributed by atoms with Gasteiger partial charge in [0.1, 0.15) is 0 Å². The molecule has 1 N–H and O–H groups in total. The van der Waals surface area contributed by atoms with Gasteiger partial charge in [0.15, 0.2) is 17.3 Å². The van der Waals surface area contributed by atoms with Crippen LogP contribution in [0.3, 0.4) is 0 Å². The third-order valence-corrected chi connectivity index (χ3v) is 4.12. The van der Waals surface area contributed by atoms with Crippen LogP contribution >= 0.6 is 0 Å². The molecule has 21 heavy (non-hydrogen) atoms. The third-order valence-electron chi connectivity index (χ3n) is 2.78. The number of nitrogens with one attached hydrogen (secondary N) is 1. The van der Waals surface area contributed by atoms with Crippen molar-refractivity contribution in [2.75, 3.05) is 0 Å². The third kappa shape index (κ3) is 2.60. The van der Waals surface area contributed by atoms with Crippen LogP contribution in [0, 0.1) is 5.82 Å². The van der Waals surface area contributed by atoms with Crippen LogP contribution in [0.1, 0.15) is 5.82 Å². The molecule has 3 heterocycles. The lowest BCUT2D eigenvalue weighted by atomic mass is 10.5. The van der Waals surface area contributed by atoms with Crippen LogP contribution in [0.2, 0.25) is 0 Å². The Hall–Kier alpha value is -2.39. The van der Waals surface area contributed by atoms with E-state index in [0.717, 1.165) is 6.07 Å². The van der Waals surface area contributed by atoms with Crippen molar-refractivity contribution in [3.8, 4) is 0 Å². The maximum atomic E-state index is 13.5. The smallest absolute Gasteiger partial charge is 0.261 e. The number of hydrogen-bond donors (Lipinski definition) is 1. The number of fused-ring (bicyclic) bond motifs is 1. The fraction of sp³-hybridized carbons (Fsp3) is 0.0833. The molecule has 7 nitrogen and oxygen atoms in total. The number of sulfonamides is 1. The van der Waals surface area contributed by atoms with Crippen molar-refractivity contribution in [2.45, 2.75) is 11.6 Å². The Kier molecular flexibility index (Phi) is 3.35. The monoisotopic (exact) mass is 307 g/mol. The fourth-order valence-corrected chi connectivity index (χ4v) is 2.79. The molecule has 0 aromatic carbocycles. The van der Waals surface area contributed by atoms with Crippen LogP contribution in [0.4, 0.5) is 4.39 Å². The molecule has 0 saturated carbocycles. The maximum absolute atomic E-state index is 13.5. The standard InChI is InChI=1S/C12H10FN5O2S/c13-9-4-3-6-14-12(9)21(19,20)15-8-11-17-16-10-5-1-2-7-18(10)11/h1-7,15H,8H2. The zero-order valence-corrected chi connectivity index (χ0v) is 11.5. The fourth-order valence-electron chi connectivity index (χ4n) is 1.81. The lowest BCUT2D eigenvalue weighted by Gasteiger charge is -2.05. The van der Waals surface area contributed by atoms with Crippen molar-refractivity contribution in [2.24, 2.45) is 0 Å². The minimum Gasteiger partial charge on any atom is -0.285 e. The number of nitrogens with zero attached hydrogens (tertiary/aromatic N) is 4. The van der Waals surface area contributed by atoms with Crippen LogP contribution < -0.4 is 4.72 Å². The first-order valence-electron chi connectivity index (χ1n) is 5.97. The van der Waals surface area contributed by atoms with E-state index >= 15 is 0 Å². The van der Waals surface area contributed by atoms with Crippen molar-refractivity contribution in [1.29, 1.82) is 0 Å². The molecule has 0 aliphatic heterocycles. The van der Waals surface area contributed by atoms with Gasteiger partial charge in [0.05, 0.1) is 6.54 Å². The van der Waals surface area contributed by atoms with E-state index in [4.69, 9.17) is 0 Å². The summed E-state index contributed by atoms with van der Waals surface area (Å²) in [6.07, 6.45) is 2.92. The van der Waals surface area contributed by atoms with Crippen LogP contribution in [0.25, 0.3) is 5.65 Å². The molecule has 0 amide bonds. The molecule has 0 aliphatic carbocycles. The maximum Gasteiger partial charge on any atom is 0.261 e. The second kappa shape index (κ2) is 5.19. The topological polar surface area (TPSA) is 89.2 Å². The van der Waals surface area contributed by atoms with Gasteiger partial charge in [-0.05, 0) is 24.3 Å². The molecule has 0 saturated heterocycles. The number of aromatic nitrogens is 4. The Labute approximate surface area is 119 Å². The number of hydrogen-bond acceptors (Lipinski definition) is 5. The molecule has 3 aromatic heterocycles. The van der Waals surface area contributed by atoms with E-state index in [9.17, 15) is 12.8 Å². The Bertz CT molecular complexity index is 893. The van der Waals surface area contributed by atoms with Crippen LogP contribution in [0.5, 0.6) is 0 Å². The first-order valence-corrected chi connectivity index (χ1v) is 7.45. The summed E-state index contributed by atoms with van der Waals surface area (Å²) in [5.74, 6) is -0.512. The van der Waals surface area contributed by atoms with Gasteiger partial charge in [-0.25, -0.2) is 22.5 Å². The first kappa shape index (κ1) is 13.6. The summed E-state index contributed by atoms with van der Waals surface area (Å²) >= 11 is 0. The van der Waals surface area contributed by atoms with E-state index in [0.29, 0.717) is 11.5 Å². The van der Waals surface area contributed by atoms with Crippen LogP contribution in [-0.4, -0.2) is 28.0 Å². The first-order chi connectivity index (χ1) is 10.1. The molecule has 0 atom stereocenters. The van der Waals surface area contributed by atoms with Crippen molar-refractivity contribution < 1.29 is 12.8 Å². The predicted molar refractivity (Wildman–Crippen MR) is 71.2 cm³/mol. The Morgan fingerprint density at radius 1 is 1.19 bits per heavy atom. The van der Waals surface area contributed by atoms with Gasteiger partial charge in [-0.3, -0.25) is 4.40 Å². The number of pyridine rings is 2. The molecule has 0 aliphatic rings. The summed E-state index contributed by atoms with van der Waals surface area (Å²) in [4.78, 5) is 3.54. The van der Waals surface area contributed by atoms with E-state index in [1.165, 1.54) is 12.3 Å². The van der Waals surface area contributed by atoms with Gasteiger partial charge in [0.25, 0.3) is 10.0 Å². The zero-order valence-electron chi connectivity index (χ0n) is 10.6. The van der Waals surface area contributed by atoms with Crippen molar-refractivity contribution >= 4 is 15.7 Å². The summed E-state index contributed by atoms with van der Waals surface area (Å²) in [6.45, 7) is -0.122. The van der Waals surface area contributed by atoms with E-state index in [1.54, 1.807) is 28.8 Å². The van der Waals surface area contributed by atoms with Crippen LogP contribution in [0.15, 0.2) is 47.8 Å². The molecule has 0 spiro atoms. The highest BCUT2D eigenvalue weighted by Crippen LogP contribution is 2.10. The van der Waals surface area contributed by atoms with Gasteiger partial charge >= 0.3 is 0 Å². The predicted octanol–water partition coefficient (Wildman–Crippen LogP) is 0.742. The van der Waals surface area contributed by atoms with E-state index in [-0.39, 0.29) is 6.54 Å². The largest absolute Gasteiger partial charge is 0.285 e. The summed E-state index contributed by atoms with van der Waals surface area (Å²) in [6, 6.07) is 7.66. The molecule has 108 valence electrons. The summed E-state index contributed by atoms with van der Waals surface area (Å²) in [7, 11) is -4.05. The van der Waals surface area contributed by atoms with Gasteiger partial charge < -0.3 is 0 Å². The van der Waals surface area contributed by atoms with Gasteiger partial charge in [-0.2, -0.15) is 0 Å². The molecule has 9 heteroatoms. The average Bonchev–Trinajstić information content (AvgIpc) is 2.89. The highest BCUT2D eigenvalue weighted by molar-refractivity contribution is 7.89. The Morgan fingerprint density at radius 2 is 2.05 bits per heavy atom. The lowest BCUT2D eigenvalue weighted by molar-refractivity contribution is 0.543. The molecule has 0 fully saturated rings. The summed E-state index contributed by atoms with van der Waals surface area (Å²) in [5.41, 5.74) is 0.593. The SMILES string of the molecule is O=S(=O)(NCc1nnc2ccccn12)c1ncccc1F. The number of rotatable bonds is 4. The molecular weight excluding hydrogens is 297 g/mol. The Balaban J connectivity index is 1.86. The van der Waals surface area contributed by atoms with Gasteiger partial charge in [0.2, 0.25) is 5.03 Å². The van der Waals surface area contributed by atoms with Crippen molar-refractivity contribution in [1.82, 2.24) is 24.3 Å². The van der Waals surface area contributed by atoms with Crippen molar-refractivity contribution in [3.05, 3.63) is 54.4 Å². The highest BCUT2D eigenvalue weighted by Gasteiger charge is 2.20. The van der Waals surface area contributed by atoms with Gasteiger partial charge in [-0.15, -0.1) is 10.2 Å². The summed E-state index contributed by atoms with van der Waals surface area (Å²) in [5, 5.41) is 7.14. The second-order valence-corrected chi connectivity index (χ2v) is 5.84. The van der Waals surface area contributed by atoms with E-state index in [2.05, 4.69) is 19.9 Å². The molecule has 0 unspecified atom stereocenters. The average molecular weight is 307 g/mol. The van der Waals surface area contributed by atoms with Gasteiger partial charge in [0, 0.05) is 12.4 Å². The Morgan fingerprint density at radius 3 is 2.86 bits per heavy atom. The quantitative estimate of drug-likeness (QED) is 0.768. The molecule has 3 aromatic rings. The van der Waals surface area contributed by atoms with Crippen molar-refractivity contribution in [3.63, 3.8) is 0 Å². The minimum absolute atomic E-state index is 0.122. The minimum atomic E-state index is -4.05. The van der Waals surface area contributed by atoms with E-state index < -0.39 is 20.9 Å². The second-order valence-electron chi connectivity index (χ2n) is 4.16. The van der Waals surface area contributed by atoms with Gasteiger partial charge in [-0.1, -0.05) is 6.07 Å². The highest BCUT2D eigenvalue weighted by atomic mass is 32.2. The molecule has 3 rings (SSSR count). The normalized spacial score (nSPS) is 11.9. The zero-order chi connectivity index (χ0) is 14.9. The lowest BCUT2D eigenvalue weighted by Crippen LogP contribution is -2.26. The number of halogens is 1. The van der Waals surface area contributed by atoms with Crippen LogP contribution in [-0.2, 0) is 16.6 Å². The summed E-state index contributed by atoms with van der Waals surface area (Å²) < 4.78 is 41.4. The molecule has 0 radical (unpaired) electrons.